The zero-order valence-corrected chi connectivity index (χ0v) is 19.5. The summed E-state index contributed by atoms with van der Waals surface area (Å²) in [6, 6.07) is 16.0. The summed E-state index contributed by atoms with van der Waals surface area (Å²) in [7, 11) is 0. The number of amides is 2. The SMILES string of the molecule is C#CCCC(=O)N1CCC(c2nc(C(=O)Nc3ccccc3-c3ccc(C)cc3)cs2)CC1. The molecule has 2 amide bonds. The summed E-state index contributed by atoms with van der Waals surface area (Å²) in [5, 5.41) is 5.82. The van der Waals surface area contributed by atoms with Crippen molar-refractivity contribution in [2.24, 2.45) is 0 Å². The van der Waals surface area contributed by atoms with E-state index < -0.39 is 0 Å². The van der Waals surface area contributed by atoms with Gasteiger partial charge in [0.15, 0.2) is 0 Å². The smallest absolute Gasteiger partial charge is 0.275 e. The highest BCUT2D eigenvalue weighted by atomic mass is 32.1. The number of aromatic nitrogens is 1. The summed E-state index contributed by atoms with van der Waals surface area (Å²) in [4.78, 5) is 31.7. The fraction of sp³-hybridized carbons (Fsp3) is 0.296. The summed E-state index contributed by atoms with van der Waals surface area (Å²) >= 11 is 1.52. The molecule has 2 heterocycles. The number of anilines is 1. The minimum Gasteiger partial charge on any atom is -0.343 e. The van der Waals surface area contributed by atoms with Crippen molar-refractivity contribution >= 4 is 28.8 Å². The standard InChI is InChI=1S/C27H27N3O2S/c1-3-4-9-25(31)30-16-14-21(15-17-30)27-29-24(18-33-27)26(32)28-23-8-6-5-7-22(23)20-12-10-19(2)11-13-20/h1,5-8,10-13,18,21H,4,9,14-17H2,2H3,(H,28,32). The number of rotatable bonds is 6. The second-order valence-corrected chi connectivity index (χ2v) is 9.19. The van der Waals surface area contributed by atoms with Crippen LogP contribution in [0.5, 0.6) is 0 Å². The fourth-order valence-corrected chi connectivity index (χ4v) is 5.03. The number of piperidine rings is 1. The summed E-state index contributed by atoms with van der Waals surface area (Å²) in [6.45, 7) is 3.47. The van der Waals surface area contributed by atoms with E-state index in [-0.39, 0.29) is 17.7 Å². The molecule has 4 rings (SSSR count). The Kier molecular flexibility index (Phi) is 7.21. The zero-order valence-electron chi connectivity index (χ0n) is 18.7. The molecule has 1 N–H and O–H groups in total. The van der Waals surface area contributed by atoms with Gasteiger partial charge in [0, 0.05) is 48.5 Å². The van der Waals surface area contributed by atoms with Gasteiger partial charge in [0.05, 0.1) is 5.01 Å². The first kappa shape index (κ1) is 22.8. The molecule has 1 saturated heterocycles. The first-order chi connectivity index (χ1) is 16.0. The maximum atomic E-state index is 13.0. The van der Waals surface area contributed by atoms with Crippen molar-refractivity contribution in [3.05, 3.63) is 70.2 Å². The second kappa shape index (κ2) is 10.5. The van der Waals surface area contributed by atoms with E-state index in [1.165, 1.54) is 16.9 Å². The maximum absolute atomic E-state index is 13.0. The first-order valence-corrected chi connectivity index (χ1v) is 12.1. The molecule has 0 unspecified atom stereocenters. The molecule has 5 nitrogen and oxygen atoms in total. The number of nitrogens with zero attached hydrogens (tertiary/aromatic N) is 2. The van der Waals surface area contributed by atoms with Crippen LogP contribution in [0.1, 0.15) is 52.7 Å². The molecule has 0 saturated carbocycles. The van der Waals surface area contributed by atoms with Crippen molar-refractivity contribution in [1.29, 1.82) is 0 Å². The quantitative estimate of drug-likeness (QED) is 0.498. The largest absolute Gasteiger partial charge is 0.343 e. The Labute approximate surface area is 198 Å². The number of thiazole rings is 1. The molecule has 0 radical (unpaired) electrons. The minimum atomic E-state index is -0.209. The number of hydrogen-bond donors (Lipinski definition) is 1. The van der Waals surface area contributed by atoms with Crippen LogP contribution in [0, 0.1) is 19.3 Å². The van der Waals surface area contributed by atoms with Gasteiger partial charge in [-0.1, -0.05) is 48.0 Å². The molecule has 0 aliphatic carbocycles. The molecule has 2 aromatic carbocycles. The van der Waals surface area contributed by atoms with Crippen LogP contribution in [0.4, 0.5) is 5.69 Å². The Morgan fingerprint density at radius 1 is 1.15 bits per heavy atom. The highest BCUT2D eigenvalue weighted by Gasteiger charge is 2.26. The van der Waals surface area contributed by atoms with Gasteiger partial charge in [0.2, 0.25) is 5.91 Å². The third-order valence-electron chi connectivity index (χ3n) is 5.97. The summed E-state index contributed by atoms with van der Waals surface area (Å²) in [5.41, 5.74) is 4.42. The van der Waals surface area contributed by atoms with Crippen molar-refractivity contribution in [2.75, 3.05) is 18.4 Å². The van der Waals surface area contributed by atoms with Gasteiger partial charge in [0.25, 0.3) is 5.91 Å². The predicted octanol–water partition coefficient (Wildman–Crippen LogP) is 5.49. The van der Waals surface area contributed by atoms with Gasteiger partial charge in [-0.15, -0.1) is 23.7 Å². The van der Waals surface area contributed by atoms with Crippen LogP contribution in [0.15, 0.2) is 53.9 Å². The van der Waals surface area contributed by atoms with Crippen molar-refractivity contribution in [3.8, 4) is 23.5 Å². The number of carbonyl (C=O) groups is 2. The van der Waals surface area contributed by atoms with Crippen molar-refractivity contribution in [2.45, 2.75) is 38.5 Å². The molecule has 0 spiro atoms. The van der Waals surface area contributed by atoms with Gasteiger partial charge >= 0.3 is 0 Å². The average Bonchev–Trinajstić information content (AvgIpc) is 3.34. The highest BCUT2D eigenvalue weighted by Crippen LogP contribution is 2.32. The lowest BCUT2D eigenvalue weighted by Crippen LogP contribution is -2.37. The van der Waals surface area contributed by atoms with Crippen LogP contribution >= 0.6 is 11.3 Å². The molecule has 0 bridgehead atoms. The van der Waals surface area contributed by atoms with Crippen molar-refractivity contribution < 1.29 is 9.59 Å². The highest BCUT2D eigenvalue weighted by molar-refractivity contribution is 7.10. The number of hydrogen-bond acceptors (Lipinski definition) is 4. The first-order valence-electron chi connectivity index (χ1n) is 11.2. The average molecular weight is 458 g/mol. The van der Waals surface area contributed by atoms with Crippen LogP contribution in [-0.2, 0) is 4.79 Å². The Morgan fingerprint density at radius 2 is 1.88 bits per heavy atom. The Morgan fingerprint density at radius 3 is 2.61 bits per heavy atom. The van der Waals surface area contributed by atoms with E-state index >= 15 is 0 Å². The lowest BCUT2D eigenvalue weighted by atomic mass is 9.97. The molecule has 0 atom stereocenters. The number of benzene rings is 2. The van der Waals surface area contributed by atoms with E-state index in [9.17, 15) is 9.59 Å². The fourth-order valence-electron chi connectivity index (χ4n) is 4.06. The molecule has 6 heteroatoms. The predicted molar refractivity (Wildman–Crippen MR) is 133 cm³/mol. The van der Waals surface area contributed by atoms with Crippen LogP contribution in [0.25, 0.3) is 11.1 Å². The topological polar surface area (TPSA) is 62.3 Å². The number of carbonyl (C=O) groups excluding carboxylic acids is 2. The summed E-state index contributed by atoms with van der Waals surface area (Å²) < 4.78 is 0. The van der Waals surface area contributed by atoms with Crippen molar-refractivity contribution in [1.82, 2.24) is 9.88 Å². The van der Waals surface area contributed by atoms with E-state index in [0.29, 0.717) is 31.6 Å². The van der Waals surface area contributed by atoms with E-state index in [0.717, 1.165) is 34.7 Å². The Balaban J connectivity index is 1.40. The molecule has 1 aliphatic heterocycles. The normalized spacial score (nSPS) is 14.0. The van der Waals surface area contributed by atoms with Gasteiger partial charge in [-0.3, -0.25) is 9.59 Å². The van der Waals surface area contributed by atoms with Crippen molar-refractivity contribution in [3.63, 3.8) is 0 Å². The van der Waals surface area contributed by atoms with E-state index in [1.807, 2.05) is 34.5 Å². The molecule has 33 heavy (non-hydrogen) atoms. The number of likely N-dealkylation sites (tertiary alicyclic amines) is 1. The van der Waals surface area contributed by atoms with Gasteiger partial charge < -0.3 is 10.2 Å². The Hall–Kier alpha value is -3.43. The number of para-hydroxylation sites is 1. The van der Waals surface area contributed by atoms with Crippen LogP contribution < -0.4 is 5.32 Å². The number of terminal acetylenes is 1. The van der Waals surface area contributed by atoms with Crippen LogP contribution in [0.2, 0.25) is 0 Å². The lowest BCUT2D eigenvalue weighted by Gasteiger charge is -2.31. The third kappa shape index (κ3) is 5.50. The lowest BCUT2D eigenvalue weighted by molar-refractivity contribution is -0.132. The molecule has 3 aromatic rings. The van der Waals surface area contributed by atoms with Gasteiger partial charge in [0.1, 0.15) is 5.69 Å². The molecular formula is C27H27N3O2S. The molecule has 1 aliphatic rings. The molecular weight excluding hydrogens is 430 g/mol. The van der Waals surface area contributed by atoms with Gasteiger partial charge in [-0.25, -0.2) is 4.98 Å². The third-order valence-corrected chi connectivity index (χ3v) is 6.98. The van der Waals surface area contributed by atoms with E-state index in [2.05, 4.69) is 47.4 Å². The van der Waals surface area contributed by atoms with E-state index in [1.54, 1.807) is 0 Å². The maximum Gasteiger partial charge on any atom is 0.275 e. The Bertz CT molecular complexity index is 1170. The minimum absolute atomic E-state index is 0.123. The van der Waals surface area contributed by atoms with E-state index in [4.69, 9.17) is 6.42 Å². The van der Waals surface area contributed by atoms with Gasteiger partial charge in [-0.05, 0) is 31.4 Å². The second-order valence-electron chi connectivity index (χ2n) is 8.30. The van der Waals surface area contributed by atoms with Crippen LogP contribution in [-0.4, -0.2) is 34.8 Å². The number of aryl methyl sites for hydroxylation is 1. The molecule has 168 valence electrons. The molecule has 1 fully saturated rings. The van der Waals surface area contributed by atoms with Gasteiger partial charge in [-0.2, -0.15) is 0 Å². The van der Waals surface area contributed by atoms with Crippen LogP contribution in [0.3, 0.4) is 0 Å². The number of nitrogens with one attached hydrogen (secondary N) is 1. The summed E-state index contributed by atoms with van der Waals surface area (Å²) in [5.74, 6) is 2.71. The molecule has 1 aromatic heterocycles. The monoisotopic (exact) mass is 457 g/mol. The zero-order chi connectivity index (χ0) is 23.2. The summed E-state index contributed by atoms with van der Waals surface area (Å²) in [6.07, 6.45) is 7.86.